The van der Waals surface area contributed by atoms with Gasteiger partial charge in [-0.05, 0) is 64.2 Å². The zero-order valence-electron chi connectivity index (χ0n) is 42.9. The van der Waals surface area contributed by atoms with E-state index in [4.69, 9.17) is 9.05 Å². The minimum Gasteiger partial charge on any atom is -0.756 e. The number of phosphoric acid groups is 1. The number of phosphoric ester groups is 1. The number of carbonyl (C=O) groups is 1. The molecule has 3 atom stereocenters. The number of aliphatic hydroxyl groups excluding tert-OH is 1. The van der Waals surface area contributed by atoms with Crippen LogP contribution in [0.2, 0.25) is 0 Å². The molecule has 0 aliphatic carbocycles. The quantitative estimate of drug-likeness (QED) is 0.0272. The lowest BCUT2D eigenvalue weighted by atomic mass is 10.0. The zero-order valence-corrected chi connectivity index (χ0v) is 43.8. The van der Waals surface area contributed by atoms with Crippen LogP contribution >= 0.6 is 7.82 Å². The van der Waals surface area contributed by atoms with Gasteiger partial charge in [0.25, 0.3) is 7.82 Å². The molecular formula is C56H103N2O6P. The van der Waals surface area contributed by atoms with Gasteiger partial charge in [-0.15, -0.1) is 0 Å². The summed E-state index contributed by atoms with van der Waals surface area (Å²) >= 11 is 0. The number of carbonyl (C=O) groups excluding carboxylic acids is 1. The second-order valence-electron chi connectivity index (χ2n) is 19.2. The molecule has 0 aromatic rings. The molecule has 0 bridgehead atoms. The van der Waals surface area contributed by atoms with Crippen LogP contribution in [0.1, 0.15) is 226 Å². The van der Waals surface area contributed by atoms with Crippen molar-refractivity contribution in [2.75, 3.05) is 40.9 Å². The highest BCUT2D eigenvalue weighted by Gasteiger charge is 2.24. The number of nitrogens with zero attached hydrogens (tertiary/aromatic N) is 1. The summed E-state index contributed by atoms with van der Waals surface area (Å²) in [6.45, 7) is 4.48. The van der Waals surface area contributed by atoms with Crippen LogP contribution in [0.4, 0.5) is 0 Å². The minimum atomic E-state index is -4.55. The number of nitrogens with one attached hydrogen (secondary N) is 1. The normalized spacial score (nSPS) is 14.6. The monoisotopic (exact) mass is 931 g/mol. The van der Waals surface area contributed by atoms with Gasteiger partial charge in [0.1, 0.15) is 13.2 Å². The second kappa shape index (κ2) is 47.0. The fourth-order valence-electron chi connectivity index (χ4n) is 7.51. The van der Waals surface area contributed by atoms with Crippen molar-refractivity contribution in [3.63, 3.8) is 0 Å². The number of rotatable bonds is 48. The summed E-state index contributed by atoms with van der Waals surface area (Å²) in [4.78, 5) is 25.1. The van der Waals surface area contributed by atoms with E-state index in [0.29, 0.717) is 23.9 Å². The molecule has 0 fully saturated rings. The standard InChI is InChI=1S/C56H103N2O6P/c1-6-8-10-12-13-14-15-16-17-18-19-20-21-22-23-24-25-26-27-28-29-30-31-32-33-34-35-36-37-38-39-40-41-42-43-44-45-46-48-50-56(60)57-54(55(59)49-47-11-9-7-2)53-64-65(61,62)63-52-51-58(3,4)5/h8,10,13-14,16-17,19-20,22-23,25-26,54-55,59H,6-7,9,11-12,15,18,21,24,27-53H2,1-5H3,(H-,57,60,61,62)/b10-8-,14-13-,17-16-,20-19-,23-22-,26-25-. The number of hydrogen-bond acceptors (Lipinski definition) is 6. The van der Waals surface area contributed by atoms with E-state index < -0.39 is 20.0 Å². The fourth-order valence-corrected chi connectivity index (χ4v) is 8.24. The average molecular weight is 931 g/mol. The van der Waals surface area contributed by atoms with Gasteiger partial charge in [0.15, 0.2) is 0 Å². The van der Waals surface area contributed by atoms with E-state index in [1.165, 1.54) is 116 Å². The molecule has 0 saturated carbocycles. The fraction of sp³-hybridized carbons (Fsp3) is 0.768. The molecule has 0 saturated heterocycles. The molecule has 9 heteroatoms. The van der Waals surface area contributed by atoms with Crippen LogP contribution in [0, 0.1) is 0 Å². The van der Waals surface area contributed by atoms with Gasteiger partial charge in [0, 0.05) is 6.42 Å². The number of quaternary nitrogens is 1. The average Bonchev–Trinajstić information content (AvgIpc) is 3.26. The number of unbranched alkanes of at least 4 members (excludes halogenated alkanes) is 23. The van der Waals surface area contributed by atoms with Crippen LogP contribution in [0.25, 0.3) is 0 Å². The number of aliphatic hydroxyl groups is 1. The maximum Gasteiger partial charge on any atom is 0.268 e. The van der Waals surface area contributed by atoms with Crippen molar-refractivity contribution in [1.29, 1.82) is 0 Å². The van der Waals surface area contributed by atoms with Crippen LogP contribution in [-0.2, 0) is 18.4 Å². The number of allylic oxidation sites excluding steroid dienone is 12. The Bertz CT molecular complexity index is 1290. The Morgan fingerprint density at radius 2 is 0.938 bits per heavy atom. The Kier molecular flexibility index (Phi) is 45.5. The molecule has 0 spiro atoms. The van der Waals surface area contributed by atoms with Gasteiger partial charge >= 0.3 is 0 Å². The number of likely N-dealkylation sites (N-methyl/N-ethyl adjacent to an activating group) is 1. The molecule has 0 aromatic heterocycles. The van der Waals surface area contributed by atoms with Gasteiger partial charge in [-0.25, -0.2) is 0 Å². The summed E-state index contributed by atoms with van der Waals surface area (Å²) in [5, 5.41) is 13.7. The van der Waals surface area contributed by atoms with Crippen molar-refractivity contribution in [2.24, 2.45) is 0 Å². The lowest BCUT2D eigenvalue weighted by Gasteiger charge is -2.30. The van der Waals surface area contributed by atoms with Gasteiger partial charge in [-0.3, -0.25) is 9.36 Å². The number of hydrogen-bond donors (Lipinski definition) is 2. The first kappa shape index (κ1) is 62.9. The van der Waals surface area contributed by atoms with Gasteiger partial charge in [0.2, 0.25) is 5.91 Å². The molecule has 0 aliphatic rings. The van der Waals surface area contributed by atoms with Crippen LogP contribution in [-0.4, -0.2) is 68.5 Å². The summed E-state index contributed by atoms with van der Waals surface area (Å²) in [5.41, 5.74) is 0. The molecule has 0 radical (unpaired) electrons. The lowest BCUT2D eigenvalue weighted by molar-refractivity contribution is -0.870. The first-order valence-corrected chi connectivity index (χ1v) is 28.2. The SMILES string of the molecule is CC/C=C\C/C=C\C/C=C\C/C=C\C/C=C\C/C=C\CCCCCCCCCCCCCCCCCCCCCCC(=O)NC(COP(=O)([O-])OCC[N+](C)(C)C)C(O)CCCCCC. The summed E-state index contributed by atoms with van der Waals surface area (Å²) in [6.07, 6.45) is 64.5. The summed E-state index contributed by atoms with van der Waals surface area (Å²) in [6, 6.07) is -0.796. The van der Waals surface area contributed by atoms with E-state index in [0.717, 1.165) is 83.5 Å². The Balaban J connectivity index is 3.71. The van der Waals surface area contributed by atoms with E-state index in [9.17, 15) is 19.4 Å². The Labute approximate surface area is 402 Å². The molecule has 0 aromatic carbocycles. The van der Waals surface area contributed by atoms with Crippen molar-refractivity contribution < 1.29 is 32.9 Å². The van der Waals surface area contributed by atoms with Crippen LogP contribution in [0.15, 0.2) is 72.9 Å². The van der Waals surface area contributed by atoms with E-state index in [2.05, 4.69) is 92.1 Å². The largest absolute Gasteiger partial charge is 0.756 e. The Morgan fingerprint density at radius 1 is 0.554 bits per heavy atom. The predicted octanol–water partition coefficient (Wildman–Crippen LogP) is 15.3. The predicted molar refractivity (Wildman–Crippen MR) is 279 cm³/mol. The highest BCUT2D eigenvalue weighted by Crippen LogP contribution is 2.38. The molecule has 378 valence electrons. The molecule has 2 N–H and O–H groups in total. The molecule has 65 heavy (non-hydrogen) atoms. The maximum atomic E-state index is 12.8. The first-order chi connectivity index (χ1) is 31.5. The zero-order chi connectivity index (χ0) is 47.8. The second-order valence-corrected chi connectivity index (χ2v) is 20.6. The Hall–Kier alpha value is -2.06. The molecule has 0 rings (SSSR count). The van der Waals surface area contributed by atoms with Crippen molar-refractivity contribution in [3.05, 3.63) is 72.9 Å². The summed E-state index contributed by atoms with van der Waals surface area (Å²) in [5.74, 6) is -0.174. The van der Waals surface area contributed by atoms with Crippen LogP contribution in [0.3, 0.4) is 0 Å². The van der Waals surface area contributed by atoms with E-state index in [-0.39, 0.29) is 19.1 Å². The third-order valence-electron chi connectivity index (χ3n) is 11.7. The summed E-state index contributed by atoms with van der Waals surface area (Å²) < 4.78 is 23.1. The van der Waals surface area contributed by atoms with Gasteiger partial charge in [0.05, 0.1) is 39.9 Å². The number of amides is 1. The molecule has 0 heterocycles. The van der Waals surface area contributed by atoms with E-state index in [1.807, 2.05) is 21.1 Å². The van der Waals surface area contributed by atoms with Gasteiger partial charge < -0.3 is 28.8 Å². The highest BCUT2D eigenvalue weighted by atomic mass is 31.2. The third-order valence-corrected chi connectivity index (χ3v) is 12.7. The molecule has 0 aliphatic heterocycles. The Morgan fingerprint density at radius 3 is 1.35 bits per heavy atom. The van der Waals surface area contributed by atoms with Gasteiger partial charge in [-0.2, -0.15) is 0 Å². The topological polar surface area (TPSA) is 108 Å². The van der Waals surface area contributed by atoms with Crippen molar-refractivity contribution in [1.82, 2.24) is 5.32 Å². The lowest BCUT2D eigenvalue weighted by Crippen LogP contribution is -2.46. The van der Waals surface area contributed by atoms with Crippen molar-refractivity contribution in [2.45, 2.75) is 238 Å². The smallest absolute Gasteiger partial charge is 0.268 e. The highest BCUT2D eigenvalue weighted by molar-refractivity contribution is 7.45. The minimum absolute atomic E-state index is 0.0104. The van der Waals surface area contributed by atoms with E-state index >= 15 is 0 Å². The molecular weight excluding hydrogens is 828 g/mol. The van der Waals surface area contributed by atoms with Crippen LogP contribution in [0.5, 0.6) is 0 Å². The van der Waals surface area contributed by atoms with E-state index in [1.54, 1.807) is 0 Å². The molecule has 1 amide bonds. The van der Waals surface area contributed by atoms with Gasteiger partial charge in [-0.1, -0.05) is 228 Å². The van der Waals surface area contributed by atoms with Crippen molar-refractivity contribution in [3.8, 4) is 0 Å². The first-order valence-electron chi connectivity index (χ1n) is 26.8. The van der Waals surface area contributed by atoms with Crippen LogP contribution < -0.4 is 10.2 Å². The maximum absolute atomic E-state index is 12.8. The third kappa shape index (κ3) is 49.7. The molecule has 8 nitrogen and oxygen atoms in total. The van der Waals surface area contributed by atoms with Crippen molar-refractivity contribution >= 4 is 13.7 Å². The summed E-state index contributed by atoms with van der Waals surface area (Å²) in [7, 11) is 1.30. The molecule has 3 unspecified atom stereocenters.